The molecular weight excluding hydrogens is 771 g/mol. The summed E-state index contributed by atoms with van der Waals surface area (Å²) in [6, 6.07) is 7.52. The average molecular weight is 827 g/mol. The Morgan fingerprint density at radius 3 is 1.75 bits per heavy atom. The average Bonchev–Trinajstić information content (AvgIpc) is 3.19. The van der Waals surface area contributed by atoms with Crippen molar-refractivity contribution in [2.24, 2.45) is 5.73 Å². The number of aliphatic hydroxyl groups excluding tert-OH is 2. The molecule has 0 saturated carbocycles. The van der Waals surface area contributed by atoms with Gasteiger partial charge in [0, 0.05) is 5.56 Å². The van der Waals surface area contributed by atoms with Gasteiger partial charge in [-0.1, -0.05) is 49.7 Å². The molecular formula is C38H55BN8O12. The zero-order chi connectivity index (χ0) is 44.4. The van der Waals surface area contributed by atoms with E-state index < -0.39 is 116 Å². The zero-order valence-electron chi connectivity index (χ0n) is 33.6. The third-order valence-corrected chi connectivity index (χ3v) is 8.92. The van der Waals surface area contributed by atoms with Crippen LogP contribution >= 0.6 is 0 Å². The van der Waals surface area contributed by atoms with E-state index in [0.717, 1.165) is 37.3 Å². The second-order valence-corrected chi connectivity index (χ2v) is 14.0. The first-order valence-electron chi connectivity index (χ1n) is 19.0. The number of hydrogen-bond donors (Lipinski definition) is 12. The molecule has 8 amide bonds. The predicted molar refractivity (Wildman–Crippen MR) is 214 cm³/mol. The summed E-state index contributed by atoms with van der Waals surface area (Å²) >= 11 is 0. The molecule has 2 rings (SSSR count). The molecule has 20 nitrogen and oxygen atoms in total. The molecule has 13 N–H and O–H groups in total. The number of hydrogen-bond acceptors (Lipinski definition) is 12. The van der Waals surface area contributed by atoms with Crippen LogP contribution in [0.2, 0.25) is 0 Å². The van der Waals surface area contributed by atoms with Crippen LogP contribution in [-0.4, -0.2) is 130 Å². The Morgan fingerprint density at radius 1 is 0.678 bits per heavy atom. The Labute approximate surface area is 342 Å². The molecule has 0 bridgehead atoms. The number of primary amides is 1. The summed E-state index contributed by atoms with van der Waals surface area (Å²) in [6.45, 7) is 5.50. The summed E-state index contributed by atoms with van der Waals surface area (Å²) in [6.07, 6.45) is 1.01. The number of nitrogens with one attached hydrogen (secondary N) is 7. The molecule has 21 heteroatoms. The van der Waals surface area contributed by atoms with E-state index in [-0.39, 0.29) is 5.56 Å². The summed E-state index contributed by atoms with van der Waals surface area (Å²) in [5.41, 5.74) is 8.46. The topological polar surface area (TPSA) is 328 Å². The number of nitrogens with two attached hydrogens (primary N) is 1. The number of aliphatic hydroxyl groups is 2. The van der Waals surface area contributed by atoms with Gasteiger partial charge < -0.3 is 63.2 Å². The van der Waals surface area contributed by atoms with Gasteiger partial charge in [0.25, 0.3) is 5.91 Å². The first-order chi connectivity index (χ1) is 27.8. The van der Waals surface area contributed by atoms with Crippen LogP contribution in [-0.2, 0) is 40.0 Å². The number of rotatable bonds is 23. The minimum Gasteiger partial charge on any atom is -0.426 e. The maximum atomic E-state index is 12.9. The maximum Gasteiger partial charge on any atom is 0.475 e. The fraction of sp³-hybridized carbons (Fsp3) is 0.474. The second kappa shape index (κ2) is 24.1. The number of unbranched alkanes of at least 4 members (excludes halogenated alkanes) is 1. The predicted octanol–water partition coefficient (Wildman–Crippen LogP) is -3.35. The number of aryl methyl sites for hydroxylation is 1. The number of amides is 8. The van der Waals surface area contributed by atoms with Crippen molar-refractivity contribution < 1.29 is 58.6 Å². The molecule has 0 saturated heterocycles. The van der Waals surface area contributed by atoms with Gasteiger partial charge in [0.15, 0.2) is 0 Å². The summed E-state index contributed by atoms with van der Waals surface area (Å²) < 4.78 is 0. The SMILES string of the molecule is CCCCc1ccc(-c2ccc(C(=O)N[C@H](CO)C(=O)N[C@H](C)C(=O)NCC(=O)NC(C(=O)N[C@@H](C)C(=O)N[C@@H](CC(N)=O)C(=O)N[C@@H](C)B(O)O)C(C)O)cc2)cc1. The van der Waals surface area contributed by atoms with Crippen molar-refractivity contribution in [3.05, 3.63) is 59.7 Å². The van der Waals surface area contributed by atoms with E-state index >= 15 is 0 Å². The Balaban J connectivity index is 1.90. The summed E-state index contributed by atoms with van der Waals surface area (Å²) in [5.74, 6) is -8.50. The normalized spacial score (nSPS) is 14.4. The third kappa shape index (κ3) is 16.5. The van der Waals surface area contributed by atoms with E-state index in [1.54, 1.807) is 24.3 Å². The van der Waals surface area contributed by atoms with Gasteiger partial charge in [-0.05, 0) is 69.4 Å². The molecule has 0 aliphatic heterocycles. The van der Waals surface area contributed by atoms with Gasteiger partial charge in [0.2, 0.25) is 41.4 Å². The molecule has 59 heavy (non-hydrogen) atoms. The van der Waals surface area contributed by atoms with Crippen LogP contribution in [0, 0.1) is 0 Å². The Kier molecular flexibility index (Phi) is 20.1. The van der Waals surface area contributed by atoms with Gasteiger partial charge in [0.05, 0.1) is 31.6 Å². The summed E-state index contributed by atoms with van der Waals surface area (Å²) in [5, 5.41) is 54.3. The van der Waals surface area contributed by atoms with Crippen LogP contribution in [0.5, 0.6) is 0 Å². The smallest absolute Gasteiger partial charge is 0.426 e. The fourth-order valence-electron chi connectivity index (χ4n) is 5.30. The highest BCUT2D eigenvalue weighted by Crippen LogP contribution is 2.21. The number of benzene rings is 2. The maximum absolute atomic E-state index is 12.9. The van der Waals surface area contributed by atoms with E-state index in [1.807, 2.05) is 12.1 Å². The molecule has 0 aromatic heterocycles. The van der Waals surface area contributed by atoms with E-state index in [2.05, 4.69) is 56.3 Å². The Bertz CT molecular complexity index is 1780. The van der Waals surface area contributed by atoms with Crippen molar-refractivity contribution in [1.29, 1.82) is 0 Å². The van der Waals surface area contributed by atoms with Gasteiger partial charge in [-0.15, -0.1) is 0 Å². The minimum atomic E-state index is -1.95. The van der Waals surface area contributed by atoms with Crippen LogP contribution in [0.3, 0.4) is 0 Å². The van der Waals surface area contributed by atoms with E-state index in [9.17, 15) is 58.6 Å². The highest BCUT2D eigenvalue weighted by Gasteiger charge is 2.32. The quantitative estimate of drug-likeness (QED) is 0.0490. The lowest BCUT2D eigenvalue weighted by molar-refractivity contribution is -0.135. The van der Waals surface area contributed by atoms with E-state index in [0.29, 0.717) is 0 Å². The van der Waals surface area contributed by atoms with E-state index in [1.165, 1.54) is 26.3 Å². The summed E-state index contributed by atoms with van der Waals surface area (Å²) in [7, 11) is -1.95. The van der Waals surface area contributed by atoms with Crippen LogP contribution in [0.25, 0.3) is 11.1 Å². The highest BCUT2D eigenvalue weighted by molar-refractivity contribution is 6.43. The van der Waals surface area contributed by atoms with Crippen LogP contribution in [0.15, 0.2) is 48.5 Å². The molecule has 0 aliphatic rings. The molecule has 2 unspecified atom stereocenters. The van der Waals surface area contributed by atoms with Gasteiger partial charge >= 0.3 is 7.12 Å². The van der Waals surface area contributed by atoms with Crippen molar-refractivity contribution in [1.82, 2.24) is 37.2 Å². The zero-order valence-corrected chi connectivity index (χ0v) is 33.6. The van der Waals surface area contributed by atoms with Crippen molar-refractivity contribution in [2.45, 2.75) is 103 Å². The lowest BCUT2D eigenvalue weighted by atomic mass is 9.81. The highest BCUT2D eigenvalue weighted by atomic mass is 16.4. The molecule has 7 atom stereocenters. The second-order valence-electron chi connectivity index (χ2n) is 14.0. The van der Waals surface area contributed by atoms with Crippen LogP contribution < -0.4 is 43.0 Å². The molecule has 0 heterocycles. The first kappa shape index (κ1) is 49.3. The lowest BCUT2D eigenvalue weighted by Crippen LogP contribution is -2.60. The van der Waals surface area contributed by atoms with Gasteiger partial charge in [-0.25, -0.2) is 0 Å². The molecule has 0 aliphatic carbocycles. The monoisotopic (exact) mass is 826 g/mol. The molecule has 0 fully saturated rings. The van der Waals surface area contributed by atoms with Crippen molar-refractivity contribution >= 4 is 54.4 Å². The van der Waals surface area contributed by atoms with Gasteiger partial charge in [0.1, 0.15) is 30.2 Å². The molecule has 322 valence electrons. The standard InChI is InChI=1S/C38H55BN8O12/c1-6-7-8-24-9-11-25(12-10-24)26-13-15-27(16-14-26)35(54)46-29(19-48)37(56)42-20(2)33(52)41-18-31(51)47-32(22(4)49)38(57)43-21(3)34(53)45-28(17-30(40)50)36(55)44-23(5)39(58)59/h9-16,20-23,28-29,32,48-49,58-59H,6-8,17-19H2,1-5H3,(H2,40,50)(H,41,52)(H,42,56)(H,43,57)(H,44,55)(H,45,53)(H,46,54)(H,47,51)/t20-,21+,22?,23+,28+,29-,32?/m1/s1. The first-order valence-corrected chi connectivity index (χ1v) is 19.0. The molecule has 0 spiro atoms. The van der Waals surface area contributed by atoms with Crippen molar-refractivity contribution in [2.75, 3.05) is 13.2 Å². The number of carbonyl (C=O) groups excluding carboxylic acids is 8. The fourth-order valence-corrected chi connectivity index (χ4v) is 5.30. The Morgan fingerprint density at radius 2 is 1.22 bits per heavy atom. The largest absolute Gasteiger partial charge is 0.475 e. The Hall–Kier alpha value is -5.90. The minimum absolute atomic E-state index is 0.225. The molecule has 2 aromatic rings. The van der Waals surface area contributed by atoms with Gasteiger partial charge in [-0.2, -0.15) is 0 Å². The van der Waals surface area contributed by atoms with Crippen LogP contribution in [0.4, 0.5) is 0 Å². The molecule has 0 radical (unpaired) electrons. The van der Waals surface area contributed by atoms with E-state index in [4.69, 9.17) is 5.73 Å². The lowest BCUT2D eigenvalue weighted by Gasteiger charge is -2.25. The van der Waals surface area contributed by atoms with Gasteiger partial charge in [-0.3, -0.25) is 38.4 Å². The number of carbonyl (C=O) groups is 8. The van der Waals surface area contributed by atoms with Crippen LogP contribution in [0.1, 0.15) is 69.8 Å². The van der Waals surface area contributed by atoms with Crippen molar-refractivity contribution in [3.8, 4) is 11.1 Å². The van der Waals surface area contributed by atoms with Crippen molar-refractivity contribution in [3.63, 3.8) is 0 Å². The summed E-state index contributed by atoms with van der Waals surface area (Å²) in [4.78, 5) is 101. The third-order valence-electron chi connectivity index (χ3n) is 8.92. The molecule has 2 aromatic carbocycles.